The second kappa shape index (κ2) is 7.11. The first-order valence-corrected chi connectivity index (χ1v) is 9.06. The maximum absolute atomic E-state index is 12.4. The molecule has 24 heavy (non-hydrogen) atoms. The van der Waals surface area contributed by atoms with Crippen LogP contribution in [0.15, 0.2) is 28.7 Å². The van der Waals surface area contributed by atoms with Gasteiger partial charge in [-0.2, -0.15) is 0 Å². The van der Waals surface area contributed by atoms with Crippen LogP contribution < -0.4 is 5.32 Å². The molecule has 1 aromatic rings. The molecule has 3 rings (SSSR count). The van der Waals surface area contributed by atoms with E-state index >= 15 is 0 Å². The van der Waals surface area contributed by atoms with Crippen molar-refractivity contribution in [3.63, 3.8) is 0 Å². The van der Waals surface area contributed by atoms with Gasteiger partial charge in [0.15, 0.2) is 0 Å². The Morgan fingerprint density at radius 3 is 2.71 bits per heavy atom. The highest BCUT2D eigenvalue weighted by atomic mass is 79.9. The molecule has 1 aromatic carbocycles. The van der Waals surface area contributed by atoms with Crippen LogP contribution in [0, 0.1) is 0 Å². The van der Waals surface area contributed by atoms with Gasteiger partial charge in [-0.3, -0.25) is 4.79 Å². The van der Waals surface area contributed by atoms with Crippen LogP contribution in [0.2, 0.25) is 0 Å². The van der Waals surface area contributed by atoms with Crippen molar-refractivity contribution in [2.45, 2.75) is 31.3 Å². The minimum atomic E-state index is -0.204. The molecule has 6 nitrogen and oxygen atoms in total. The van der Waals surface area contributed by atoms with Crippen LogP contribution in [0.1, 0.15) is 24.8 Å². The topological polar surface area (TPSA) is 72.9 Å². The summed E-state index contributed by atoms with van der Waals surface area (Å²) in [5, 5.41) is 12.6. The zero-order chi connectivity index (χ0) is 17.3. The Hall–Kier alpha value is -1.60. The zero-order valence-electron chi connectivity index (χ0n) is 13.6. The molecule has 2 heterocycles. The van der Waals surface area contributed by atoms with E-state index in [0.29, 0.717) is 13.1 Å². The van der Waals surface area contributed by atoms with E-state index in [9.17, 15) is 14.7 Å². The molecule has 2 saturated heterocycles. The van der Waals surface area contributed by atoms with Crippen molar-refractivity contribution in [2.75, 3.05) is 26.2 Å². The first kappa shape index (κ1) is 17.2. The van der Waals surface area contributed by atoms with E-state index < -0.39 is 0 Å². The second-order valence-electron chi connectivity index (χ2n) is 6.31. The number of carbonyl (C=O) groups excluding carboxylic acids is 2. The van der Waals surface area contributed by atoms with E-state index in [4.69, 9.17) is 0 Å². The van der Waals surface area contributed by atoms with E-state index in [0.717, 1.165) is 16.5 Å². The fourth-order valence-electron chi connectivity index (χ4n) is 3.68. The van der Waals surface area contributed by atoms with Crippen molar-refractivity contribution in [2.24, 2.45) is 0 Å². The minimum absolute atomic E-state index is 0.0498. The molecule has 3 amide bonds. The fraction of sp³-hybridized carbons (Fsp3) is 0.529. The van der Waals surface area contributed by atoms with Crippen molar-refractivity contribution >= 4 is 27.9 Å². The molecule has 2 fully saturated rings. The van der Waals surface area contributed by atoms with Crippen molar-refractivity contribution in [3.05, 3.63) is 34.3 Å². The number of benzene rings is 1. The Balaban J connectivity index is 1.78. The number of hydrogen-bond donors (Lipinski definition) is 2. The average Bonchev–Trinajstić information content (AvgIpc) is 2.56. The van der Waals surface area contributed by atoms with Gasteiger partial charge in [-0.1, -0.05) is 35.0 Å². The number of aliphatic hydroxyl groups is 1. The van der Waals surface area contributed by atoms with Crippen molar-refractivity contribution < 1.29 is 14.7 Å². The third-order valence-electron chi connectivity index (χ3n) is 4.82. The Kier molecular flexibility index (Phi) is 5.10. The molecule has 0 bridgehead atoms. The third-order valence-corrected chi connectivity index (χ3v) is 5.35. The van der Waals surface area contributed by atoms with Gasteiger partial charge < -0.3 is 20.2 Å². The molecule has 7 heteroatoms. The first-order chi connectivity index (χ1) is 11.6. The molecular formula is C17H22BrN3O3. The van der Waals surface area contributed by atoms with Crippen LogP contribution in [0.3, 0.4) is 0 Å². The summed E-state index contributed by atoms with van der Waals surface area (Å²) in [7, 11) is 0. The minimum Gasteiger partial charge on any atom is -0.394 e. The van der Waals surface area contributed by atoms with Gasteiger partial charge in [-0.05, 0) is 24.1 Å². The lowest BCUT2D eigenvalue weighted by molar-refractivity contribution is -0.159. The summed E-state index contributed by atoms with van der Waals surface area (Å²) in [4.78, 5) is 28.0. The van der Waals surface area contributed by atoms with Gasteiger partial charge in [0.2, 0.25) is 5.91 Å². The molecule has 0 aliphatic carbocycles. The van der Waals surface area contributed by atoms with Gasteiger partial charge >= 0.3 is 6.03 Å². The van der Waals surface area contributed by atoms with E-state index in [1.807, 2.05) is 31.2 Å². The monoisotopic (exact) mass is 395 g/mol. The lowest BCUT2D eigenvalue weighted by Crippen LogP contribution is -2.73. The molecular weight excluding hydrogens is 374 g/mol. The molecule has 0 unspecified atom stereocenters. The number of rotatable bonds is 4. The van der Waals surface area contributed by atoms with Gasteiger partial charge in [0.25, 0.3) is 0 Å². The third kappa shape index (κ3) is 3.02. The number of hydrogen-bond acceptors (Lipinski definition) is 3. The number of fused-ring (bicyclic) bond motifs is 1. The number of urea groups is 1. The Bertz CT molecular complexity index is 622. The van der Waals surface area contributed by atoms with Gasteiger partial charge in [-0.25, -0.2) is 4.79 Å². The number of amides is 3. The number of aliphatic hydroxyl groups excluding tert-OH is 1. The Morgan fingerprint density at radius 2 is 2.08 bits per heavy atom. The van der Waals surface area contributed by atoms with E-state index in [2.05, 4.69) is 21.2 Å². The number of nitrogens with one attached hydrogen (secondary N) is 1. The molecule has 130 valence electrons. The second-order valence-corrected chi connectivity index (χ2v) is 7.22. The Labute approximate surface area is 149 Å². The molecule has 3 atom stereocenters. The molecule has 2 aliphatic rings. The molecule has 0 spiro atoms. The highest BCUT2D eigenvalue weighted by Crippen LogP contribution is 2.43. The standard InChI is InChI=1S/C17H22BrN3O3/c1-2-7-19-17(24)20-8-13-16(11-3-5-12(18)6-4-11)14(10-22)21(13)15(23)9-20/h3-6,13-14,16,22H,2,7-10H2,1H3,(H,19,24)/t13-,14+,16-/m0/s1. The van der Waals surface area contributed by atoms with Crippen LogP contribution >= 0.6 is 15.9 Å². The fourth-order valence-corrected chi connectivity index (χ4v) is 3.95. The largest absolute Gasteiger partial charge is 0.394 e. The SMILES string of the molecule is CCCNC(=O)N1CC(=O)N2[C@H](CO)[C@@H](c3ccc(Br)cc3)[C@@H]2C1. The molecule has 0 radical (unpaired) electrons. The lowest BCUT2D eigenvalue weighted by atomic mass is 9.74. The zero-order valence-corrected chi connectivity index (χ0v) is 15.2. The number of piperazine rings is 1. The summed E-state index contributed by atoms with van der Waals surface area (Å²) >= 11 is 3.42. The summed E-state index contributed by atoms with van der Waals surface area (Å²) in [5.74, 6) is -0.0425. The number of carbonyl (C=O) groups is 2. The quantitative estimate of drug-likeness (QED) is 0.811. The predicted octanol–water partition coefficient (Wildman–Crippen LogP) is 1.54. The van der Waals surface area contributed by atoms with Crippen LogP contribution in [-0.2, 0) is 4.79 Å². The van der Waals surface area contributed by atoms with Crippen LogP contribution in [0.4, 0.5) is 4.79 Å². The van der Waals surface area contributed by atoms with Gasteiger partial charge in [-0.15, -0.1) is 0 Å². The number of halogens is 1. The van der Waals surface area contributed by atoms with Crippen LogP contribution in [0.25, 0.3) is 0 Å². The summed E-state index contributed by atoms with van der Waals surface area (Å²) in [6.45, 7) is 3.11. The summed E-state index contributed by atoms with van der Waals surface area (Å²) in [6, 6.07) is 7.48. The smallest absolute Gasteiger partial charge is 0.317 e. The normalized spacial score (nSPS) is 26.0. The van der Waals surface area contributed by atoms with E-state index in [-0.39, 0.29) is 43.1 Å². The summed E-state index contributed by atoms with van der Waals surface area (Å²) < 4.78 is 0.989. The average molecular weight is 396 g/mol. The molecule has 0 aromatic heterocycles. The number of nitrogens with zero attached hydrogens (tertiary/aromatic N) is 2. The maximum atomic E-state index is 12.4. The van der Waals surface area contributed by atoms with Gasteiger partial charge in [0, 0.05) is 23.5 Å². The predicted molar refractivity (Wildman–Crippen MR) is 93.7 cm³/mol. The van der Waals surface area contributed by atoms with Crippen LogP contribution in [0.5, 0.6) is 0 Å². The molecule has 0 saturated carbocycles. The summed E-state index contributed by atoms with van der Waals surface area (Å²) in [5.41, 5.74) is 1.09. The van der Waals surface area contributed by atoms with Gasteiger partial charge in [0.05, 0.1) is 18.7 Å². The van der Waals surface area contributed by atoms with Crippen LogP contribution in [-0.4, -0.2) is 65.2 Å². The van der Waals surface area contributed by atoms with E-state index in [1.54, 1.807) is 9.80 Å². The van der Waals surface area contributed by atoms with E-state index in [1.165, 1.54) is 0 Å². The Morgan fingerprint density at radius 1 is 1.38 bits per heavy atom. The molecule has 2 N–H and O–H groups in total. The van der Waals surface area contributed by atoms with Crippen molar-refractivity contribution in [1.82, 2.24) is 15.1 Å². The van der Waals surface area contributed by atoms with Crippen molar-refractivity contribution in [3.8, 4) is 0 Å². The first-order valence-electron chi connectivity index (χ1n) is 8.27. The molecule has 2 aliphatic heterocycles. The highest BCUT2D eigenvalue weighted by molar-refractivity contribution is 9.10. The summed E-state index contributed by atoms with van der Waals surface area (Å²) in [6.07, 6.45) is 0.858. The van der Waals surface area contributed by atoms with Crippen molar-refractivity contribution in [1.29, 1.82) is 0 Å². The maximum Gasteiger partial charge on any atom is 0.317 e. The highest BCUT2D eigenvalue weighted by Gasteiger charge is 2.54. The lowest BCUT2D eigenvalue weighted by Gasteiger charge is -2.58. The van der Waals surface area contributed by atoms with Gasteiger partial charge in [0.1, 0.15) is 6.54 Å².